The molecule has 0 unspecified atom stereocenters. The quantitative estimate of drug-likeness (QED) is 0.279. The second-order valence-corrected chi connectivity index (χ2v) is 11.6. The molecule has 144 valence electrons. The van der Waals surface area contributed by atoms with Gasteiger partial charge < -0.3 is 9.47 Å². The molecule has 2 aromatic rings. The first kappa shape index (κ1) is 21.1. The number of allylic oxidation sites excluding steroid dienone is 1. The number of ether oxygens (including phenoxy) is 2. The third-order valence-corrected chi connectivity index (χ3v) is 5.68. The zero-order chi connectivity index (χ0) is 20.3. The van der Waals surface area contributed by atoms with Crippen LogP contribution < -0.4 is 4.74 Å². The largest absolute Gasteiger partial charge is 0.457 e. The highest BCUT2D eigenvalue weighted by atomic mass is 127. The van der Waals surface area contributed by atoms with E-state index >= 15 is 0 Å². The van der Waals surface area contributed by atoms with Crippen molar-refractivity contribution < 1.29 is 14.3 Å². The molecule has 28 heavy (non-hydrogen) atoms. The van der Waals surface area contributed by atoms with E-state index in [0.29, 0.717) is 17.1 Å². The van der Waals surface area contributed by atoms with Crippen LogP contribution in [0.25, 0.3) is 0 Å². The fourth-order valence-corrected chi connectivity index (χ4v) is 4.07. The Balaban J connectivity index is 1.72. The lowest BCUT2D eigenvalue weighted by molar-refractivity contribution is -0.149. The summed E-state index contributed by atoms with van der Waals surface area (Å²) in [6, 6.07) is 18.6. The minimum absolute atomic E-state index is 0.135. The van der Waals surface area contributed by atoms with Gasteiger partial charge in [0.05, 0.1) is 5.92 Å². The number of carbonyl (C=O) groups excluding carboxylic acids is 1. The van der Waals surface area contributed by atoms with Gasteiger partial charge in [-0.15, -0.1) is 0 Å². The lowest BCUT2D eigenvalue weighted by Gasteiger charge is -2.13. The summed E-state index contributed by atoms with van der Waals surface area (Å²) >= 11 is 4.46. The molecule has 2 aromatic carbocycles. The van der Waals surface area contributed by atoms with Crippen LogP contribution in [0.2, 0.25) is 0 Å². The van der Waals surface area contributed by atoms with Crippen molar-refractivity contribution >= 4 is 51.2 Å². The average molecular weight is 599 g/mol. The van der Waals surface area contributed by atoms with Gasteiger partial charge in [0.1, 0.15) is 17.6 Å². The number of halogens is 2. The number of rotatable bonds is 6. The molecule has 4 nitrogen and oxygen atoms in total. The fraction of sp³-hybridized carbons (Fsp3) is 0.273. The van der Waals surface area contributed by atoms with E-state index in [1.807, 2.05) is 44.2 Å². The maximum Gasteiger partial charge on any atom is 0.311 e. The van der Waals surface area contributed by atoms with Crippen LogP contribution in [-0.2, 0) is 9.53 Å². The molecule has 0 aromatic heterocycles. The highest BCUT2D eigenvalue weighted by Gasteiger charge is 2.61. The van der Waals surface area contributed by atoms with Crippen LogP contribution in [0.15, 0.2) is 62.3 Å². The minimum Gasteiger partial charge on any atom is -0.457 e. The van der Waals surface area contributed by atoms with Crippen molar-refractivity contribution in [1.29, 1.82) is 5.26 Å². The van der Waals surface area contributed by atoms with Crippen molar-refractivity contribution in [3.8, 4) is 17.6 Å². The molecule has 1 aliphatic carbocycles. The number of esters is 1. The van der Waals surface area contributed by atoms with Crippen molar-refractivity contribution in [2.75, 3.05) is 0 Å². The first-order valence-corrected chi connectivity index (χ1v) is 10.9. The molecule has 0 N–H and O–H groups in total. The molecular weight excluding hydrogens is 580 g/mol. The van der Waals surface area contributed by atoms with Crippen LogP contribution >= 0.6 is 45.2 Å². The molecular formula is C22H19I2NO3. The van der Waals surface area contributed by atoms with Gasteiger partial charge in [-0.2, -0.15) is 5.26 Å². The molecule has 0 radical (unpaired) electrons. The third-order valence-electron chi connectivity index (χ3n) is 4.96. The van der Waals surface area contributed by atoms with Gasteiger partial charge in [-0.25, -0.2) is 0 Å². The summed E-state index contributed by atoms with van der Waals surface area (Å²) in [4.78, 5) is 12.7. The van der Waals surface area contributed by atoms with Gasteiger partial charge in [0.25, 0.3) is 0 Å². The first-order valence-electron chi connectivity index (χ1n) is 8.78. The van der Waals surface area contributed by atoms with Crippen LogP contribution in [0, 0.1) is 28.6 Å². The van der Waals surface area contributed by atoms with E-state index in [1.165, 1.54) is 0 Å². The molecule has 0 heterocycles. The molecule has 6 heteroatoms. The summed E-state index contributed by atoms with van der Waals surface area (Å²) in [6.45, 7) is 4.10. The molecule has 0 spiro atoms. The number of hydrogen-bond donors (Lipinski definition) is 0. The van der Waals surface area contributed by atoms with E-state index in [2.05, 4.69) is 57.3 Å². The van der Waals surface area contributed by atoms with Gasteiger partial charge in [0.15, 0.2) is 0 Å². The number of benzene rings is 2. The molecule has 0 aliphatic heterocycles. The Labute approximate surface area is 192 Å². The summed E-state index contributed by atoms with van der Waals surface area (Å²) in [5, 5.41) is 9.57. The molecule has 1 fully saturated rings. The molecule has 1 saturated carbocycles. The number of para-hydroxylation sites is 1. The lowest BCUT2D eigenvalue weighted by Crippen LogP contribution is -2.14. The Bertz CT molecular complexity index is 930. The highest BCUT2D eigenvalue weighted by molar-refractivity contribution is 14.2. The highest BCUT2D eigenvalue weighted by Crippen LogP contribution is 2.60. The van der Waals surface area contributed by atoms with Gasteiger partial charge in [-0.1, -0.05) is 50.3 Å². The summed E-state index contributed by atoms with van der Waals surface area (Å²) in [5.41, 5.74) is 0.440. The van der Waals surface area contributed by atoms with E-state index in [9.17, 15) is 10.1 Å². The van der Waals surface area contributed by atoms with Crippen molar-refractivity contribution in [3.05, 3.63) is 67.8 Å². The Morgan fingerprint density at radius 2 is 1.82 bits per heavy atom. The predicted octanol–water partition coefficient (Wildman–Crippen LogP) is 6.57. The summed E-state index contributed by atoms with van der Waals surface area (Å²) in [6.07, 6.45) is 1.12. The Morgan fingerprint density at radius 3 is 2.46 bits per heavy atom. The van der Waals surface area contributed by atoms with E-state index in [0.717, 1.165) is 1.59 Å². The van der Waals surface area contributed by atoms with Crippen LogP contribution in [-0.4, -0.2) is 5.97 Å². The monoisotopic (exact) mass is 599 g/mol. The van der Waals surface area contributed by atoms with Crippen LogP contribution in [0.1, 0.15) is 25.5 Å². The van der Waals surface area contributed by atoms with Crippen molar-refractivity contribution in [2.45, 2.75) is 20.0 Å². The summed E-state index contributed by atoms with van der Waals surface area (Å²) in [5.74, 6) is 0.865. The molecule has 3 rings (SSSR count). The third kappa shape index (κ3) is 4.87. The first-order chi connectivity index (χ1) is 13.3. The van der Waals surface area contributed by atoms with Gasteiger partial charge >= 0.3 is 5.97 Å². The van der Waals surface area contributed by atoms with Crippen LogP contribution in [0.3, 0.4) is 0 Å². The van der Waals surface area contributed by atoms with Gasteiger partial charge in [-0.05, 0) is 80.8 Å². The normalized spacial score (nSPS) is 20.4. The zero-order valence-corrected chi connectivity index (χ0v) is 19.7. The molecule has 1 aliphatic rings. The van der Waals surface area contributed by atoms with Gasteiger partial charge in [0.2, 0.25) is 6.10 Å². The molecule has 3 atom stereocenters. The van der Waals surface area contributed by atoms with Gasteiger partial charge in [0, 0.05) is 7.15 Å². The van der Waals surface area contributed by atoms with Crippen LogP contribution in [0.5, 0.6) is 11.5 Å². The topological polar surface area (TPSA) is 59.3 Å². The van der Waals surface area contributed by atoms with Crippen molar-refractivity contribution in [3.63, 3.8) is 0 Å². The standard InChI is InChI=1S/C22H19I2NO3/c1-22(2)17(12-19(23)24)20(22)21(26)28-18(13-25)14-7-6-10-16(11-14)27-15-8-4-3-5-9-15/h3-12,17-18,20H,1-2H3/t17-,18+,20+/m1/s1. The molecule has 0 bridgehead atoms. The zero-order valence-electron chi connectivity index (χ0n) is 15.4. The number of nitriles is 1. The van der Waals surface area contributed by atoms with Crippen LogP contribution in [0.4, 0.5) is 0 Å². The summed E-state index contributed by atoms with van der Waals surface area (Å²) in [7, 11) is 0. The second kappa shape index (κ2) is 8.82. The van der Waals surface area contributed by atoms with Crippen molar-refractivity contribution in [2.24, 2.45) is 17.3 Å². The summed E-state index contributed by atoms with van der Waals surface area (Å²) < 4.78 is 12.5. The Kier molecular flexibility index (Phi) is 6.65. The average Bonchev–Trinajstić information content (AvgIpc) is 3.20. The lowest BCUT2D eigenvalue weighted by atomic mass is 10.1. The van der Waals surface area contributed by atoms with E-state index in [4.69, 9.17) is 9.47 Å². The van der Waals surface area contributed by atoms with Gasteiger partial charge in [-0.3, -0.25) is 4.79 Å². The number of carbonyl (C=O) groups is 1. The minimum atomic E-state index is -0.966. The maximum atomic E-state index is 12.7. The molecule has 0 amide bonds. The smallest absolute Gasteiger partial charge is 0.311 e. The number of hydrogen-bond acceptors (Lipinski definition) is 4. The number of nitrogens with zero attached hydrogens (tertiary/aromatic N) is 1. The second-order valence-electron chi connectivity index (χ2n) is 7.21. The van der Waals surface area contributed by atoms with E-state index < -0.39 is 6.10 Å². The Hall–Kier alpha value is -1.60. The Morgan fingerprint density at radius 1 is 1.14 bits per heavy atom. The predicted molar refractivity (Wildman–Crippen MR) is 124 cm³/mol. The molecule has 0 saturated heterocycles. The SMILES string of the molecule is CC1(C)[C@H](C=C(I)I)[C@H]1C(=O)O[C@@H](C#N)c1cccc(Oc2ccccc2)c1. The van der Waals surface area contributed by atoms with E-state index in [-0.39, 0.29) is 23.2 Å². The maximum absolute atomic E-state index is 12.7. The fourth-order valence-electron chi connectivity index (χ4n) is 3.30. The van der Waals surface area contributed by atoms with Crippen molar-refractivity contribution in [1.82, 2.24) is 0 Å². The van der Waals surface area contributed by atoms with E-state index in [1.54, 1.807) is 24.3 Å².